The fourth-order valence-electron chi connectivity index (χ4n) is 2.97. The summed E-state index contributed by atoms with van der Waals surface area (Å²) in [4.78, 5) is 26.4. The second-order valence-corrected chi connectivity index (χ2v) is 8.31. The molecule has 1 fully saturated rings. The van der Waals surface area contributed by atoms with E-state index in [1.807, 2.05) is 48.5 Å². The Morgan fingerprint density at radius 1 is 0.903 bits per heavy atom. The SMILES string of the molecule is O=C1S/C(=C\c2ccc(OCc3ccc(Cl)cc3)cc2)C(=O)N1Cc1ccc(F)cc1. The van der Waals surface area contributed by atoms with Gasteiger partial charge >= 0.3 is 0 Å². The van der Waals surface area contributed by atoms with Crippen molar-refractivity contribution >= 4 is 40.6 Å². The molecule has 0 N–H and O–H groups in total. The molecule has 0 aromatic heterocycles. The van der Waals surface area contributed by atoms with E-state index in [9.17, 15) is 14.0 Å². The van der Waals surface area contributed by atoms with Gasteiger partial charge in [0.05, 0.1) is 11.4 Å². The monoisotopic (exact) mass is 453 g/mol. The van der Waals surface area contributed by atoms with E-state index in [0.29, 0.717) is 27.8 Å². The lowest BCUT2D eigenvalue weighted by Gasteiger charge is -2.12. The molecule has 3 aromatic rings. The maximum atomic E-state index is 13.1. The zero-order valence-corrected chi connectivity index (χ0v) is 17.8. The number of rotatable bonds is 6. The van der Waals surface area contributed by atoms with Gasteiger partial charge in [0.2, 0.25) is 0 Å². The first-order valence-corrected chi connectivity index (χ1v) is 10.6. The van der Waals surface area contributed by atoms with Crippen LogP contribution in [0.25, 0.3) is 6.08 Å². The second kappa shape index (κ2) is 9.37. The van der Waals surface area contributed by atoms with E-state index in [1.165, 1.54) is 12.1 Å². The lowest BCUT2D eigenvalue weighted by molar-refractivity contribution is -0.123. The Balaban J connectivity index is 1.39. The number of imide groups is 1. The van der Waals surface area contributed by atoms with Gasteiger partial charge in [-0.2, -0.15) is 0 Å². The average molecular weight is 454 g/mol. The minimum Gasteiger partial charge on any atom is -0.489 e. The molecular weight excluding hydrogens is 437 g/mol. The molecule has 1 saturated heterocycles. The van der Waals surface area contributed by atoms with Crippen LogP contribution in [0, 0.1) is 5.82 Å². The Morgan fingerprint density at radius 2 is 1.55 bits per heavy atom. The number of carbonyl (C=O) groups is 2. The predicted molar refractivity (Wildman–Crippen MR) is 120 cm³/mol. The molecule has 2 amide bonds. The van der Waals surface area contributed by atoms with Crippen molar-refractivity contribution in [2.75, 3.05) is 0 Å². The number of hydrogen-bond acceptors (Lipinski definition) is 4. The van der Waals surface area contributed by atoms with Crippen LogP contribution in [0.15, 0.2) is 77.7 Å². The molecule has 0 atom stereocenters. The maximum absolute atomic E-state index is 13.1. The molecule has 0 bridgehead atoms. The highest BCUT2D eigenvalue weighted by Gasteiger charge is 2.34. The summed E-state index contributed by atoms with van der Waals surface area (Å²) in [7, 11) is 0. The molecule has 1 heterocycles. The average Bonchev–Trinajstić information content (AvgIpc) is 3.03. The minimum absolute atomic E-state index is 0.111. The lowest BCUT2D eigenvalue weighted by Crippen LogP contribution is -2.27. The predicted octanol–water partition coefficient (Wildman–Crippen LogP) is 6.29. The third kappa shape index (κ3) is 5.34. The van der Waals surface area contributed by atoms with Crippen molar-refractivity contribution < 1.29 is 18.7 Å². The van der Waals surface area contributed by atoms with Crippen molar-refractivity contribution in [1.29, 1.82) is 0 Å². The Kier molecular flexibility index (Phi) is 6.39. The summed E-state index contributed by atoms with van der Waals surface area (Å²) >= 11 is 6.78. The quantitative estimate of drug-likeness (QED) is 0.411. The van der Waals surface area contributed by atoms with Crippen molar-refractivity contribution in [3.8, 4) is 5.75 Å². The number of ether oxygens (including phenoxy) is 1. The van der Waals surface area contributed by atoms with E-state index in [2.05, 4.69) is 0 Å². The Labute approximate surface area is 188 Å². The van der Waals surface area contributed by atoms with Gasteiger partial charge in [0.15, 0.2) is 0 Å². The molecule has 156 valence electrons. The normalized spacial score (nSPS) is 15.0. The van der Waals surface area contributed by atoms with Gasteiger partial charge in [-0.3, -0.25) is 14.5 Å². The van der Waals surface area contributed by atoms with Crippen LogP contribution in [0.3, 0.4) is 0 Å². The number of amides is 2. The van der Waals surface area contributed by atoms with Gasteiger partial charge in [-0.05, 0) is 70.9 Å². The molecule has 1 aliphatic rings. The number of thioether (sulfide) groups is 1. The number of benzene rings is 3. The van der Waals surface area contributed by atoms with Gasteiger partial charge in [0, 0.05) is 5.02 Å². The second-order valence-electron chi connectivity index (χ2n) is 6.88. The van der Waals surface area contributed by atoms with E-state index in [1.54, 1.807) is 18.2 Å². The van der Waals surface area contributed by atoms with E-state index in [4.69, 9.17) is 16.3 Å². The van der Waals surface area contributed by atoms with Gasteiger partial charge in [0.1, 0.15) is 18.2 Å². The van der Waals surface area contributed by atoms with Gasteiger partial charge in [-0.1, -0.05) is 48.0 Å². The van der Waals surface area contributed by atoms with Crippen LogP contribution in [-0.2, 0) is 17.9 Å². The first-order chi connectivity index (χ1) is 15.0. The van der Waals surface area contributed by atoms with E-state index < -0.39 is 0 Å². The summed E-state index contributed by atoms with van der Waals surface area (Å²) in [6.07, 6.45) is 1.68. The van der Waals surface area contributed by atoms with Gasteiger partial charge in [-0.15, -0.1) is 0 Å². The minimum atomic E-state index is -0.363. The topological polar surface area (TPSA) is 46.6 Å². The van der Waals surface area contributed by atoms with Crippen LogP contribution in [0.2, 0.25) is 5.02 Å². The van der Waals surface area contributed by atoms with E-state index >= 15 is 0 Å². The number of halogens is 2. The summed E-state index contributed by atoms with van der Waals surface area (Å²) in [5, 5.41) is 0.332. The van der Waals surface area contributed by atoms with E-state index in [-0.39, 0.29) is 23.5 Å². The van der Waals surface area contributed by atoms with Gasteiger partial charge in [-0.25, -0.2) is 4.39 Å². The molecule has 0 aliphatic carbocycles. The fourth-order valence-corrected chi connectivity index (χ4v) is 3.93. The summed E-state index contributed by atoms with van der Waals surface area (Å²) in [5.41, 5.74) is 2.47. The number of hydrogen-bond donors (Lipinski definition) is 0. The molecular formula is C24H17ClFNO3S. The summed E-state index contributed by atoms with van der Waals surface area (Å²) in [6, 6.07) is 20.4. The molecule has 4 nitrogen and oxygen atoms in total. The van der Waals surface area contributed by atoms with Crippen molar-refractivity contribution in [2.24, 2.45) is 0 Å². The lowest BCUT2D eigenvalue weighted by atomic mass is 10.2. The standard InChI is InChI=1S/C24H17ClFNO3S/c25-19-7-1-18(2-8-19)15-30-21-11-5-16(6-12-21)13-22-23(28)27(24(29)31-22)14-17-3-9-20(26)10-4-17/h1-13H,14-15H2/b22-13-. The molecule has 31 heavy (non-hydrogen) atoms. The number of nitrogens with zero attached hydrogens (tertiary/aromatic N) is 1. The number of carbonyl (C=O) groups excluding carboxylic acids is 2. The fraction of sp³-hybridized carbons (Fsp3) is 0.0833. The molecule has 7 heteroatoms. The highest BCUT2D eigenvalue weighted by Crippen LogP contribution is 2.33. The third-order valence-electron chi connectivity index (χ3n) is 4.62. The Hall–Kier alpha value is -3.09. The molecule has 0 saturated carbocycles. The van der Waals surface area contributed by atoms with E-state index in [0.717, 1.165) is 27.8 Å². The summed E-state index contributed by atoms with van der Waals surface area (Å²) in [6.45, 7) is 0.526. The van der Waals surface area contributed by atoms with Crippen molar-refractivity contribution in [3.05, 3.63) is 105 Å². The van der Waals surface area contributed by atoms with Gasteiger partial charge in [0.25, 0.3) is 11.1 Å². The largest absolute Gasteiger partial charge is 0.489 e. The summed E-state index contributed by atoms with van der Waals surface area (Å²) < 4.78 is 18.8. The molecule has 0 unspecified atom stereocenters. The van der Waals surface area contributed by atoms with Crippen molar-refractivity contribution in [1.82, 2.24) is 4.90 Å². The van der Waals surface area contributed by atoms with Crippen LogP contribution >= 0.6 is 23.4 Å². The van der Waals surface area contributed by atoms with Gasteiger partial charge < -0.3 is 4.74 Å². The summed E-state index contributed by atoms with van der Waals surface area (Å²) in [5.74, 6) is -0.0303. The van der Waals surface area contributed by atoms with Crippen molar-refractivity contribution in [3.63, 3.8) is 0 Å². The zero-order chi connectivity index (χ0) is 21.8. The first kappa shape index (κ1) is 21.2. The zero-order valence-electron chi connectivity index (χ0n) is 16.3. The van der Waals surface area contributed by atoms with Crippen LogP contribution in [-0.4, -0.2) is 16.0 Å². The van der Waals surface area contributed by atoms with Crippen LogP contribution < -0.4 is 4.74 Å². The highest BCUT2D eigenvalue weighted by atomic mass is 35.5. The van der Waals surface area contributed by atoms with Crippen molar-refractivity contribution in [2.45, 2.75) is 13.2 Å². The molecule has 4 rings (SSSR count). The molecule has 3 aromatic carbocycles. The molecule has 0 spiro atoms. The first-order valence-electron chi connectivity index (χ1n) is 9.45. The molecule has 0 radical (unpaired) electrons. The molecule has 1 aliphatic heterocycles. The smallest absolute Gasteiger partial charge is 0.293 e. The van der Waals surface area contributed by atoms with Crippen LogP contribution in [0.4, 0.5) is 9.18 Å². The Morgan fingerprint density at radius 3 is 2.23 bits per heavy atom. The third-order valence-corrected chi connectivity index (χ3v) is 5.78. The highest BCUT2D eigenvalue weighted by molar-refractivity contribution is 8.18. The maximum Gasteiger partial charge on any atom is 0.293 e. The van der Waals surface area contributed by atoms with Crippen LogP contribution in [0.1, 0.15) is 16.7 Å². The van der Waals surface area contributed by atoms with Crippen LogP contribution in [0.5, 0.6) is 5.75 Å². The Bertz CT molecular complexity index is 1130.